The van der Waals surface area contributed by atoms with E-state index in [0.717, 1.165) is 0 Å². The molecule has 0 saturated carbocycles. The SMILES string of the molecule is Cc1ccc(C(=O)N/N=C/c2ccc(-c3ccc(Br)cc3[N+](=O)[O-])o2)o1. The van der Waals surface area contributed by atoms with Crippen LogP contribution in [0.25, 0.3) is 11.3 Å². The van der Waals surface area contributed by atoms with E-state index in [4.69, 9.17) is 8.83 Å². The van der Waals surface area contributed by atoms with Crippen molar-refractivity contribution in [2.75, 3.05) is 0 Å². The summed E-state index contributed by atoms with van der Waals surface area (Å²) in [6.45, 7) is 1.73. The predicted molar refractivity (Wildman–Crippen MR) is 97.0 cm³/mol. The molecule has 0 aliphatic carbocycles. The lowest BCUT2D eigenvalue weighted by molar-refractivity contribution is -0.384. The van der Waals surface area contributed by atoms with Crippen molar-refractivity contribution in [3.63, 3.8) is 0 Å². The molecule has 1 aromatic carbocycles. The number of nitrogens with zero attached hydrogens (tertiary/aromatic N) is 2. The van der Waals surface area contributed by atoms with Crippen LogP contribution in [0.1, 0.15) is 22.1 Å². The largest absolute Gasteiger partial charge is 0.456 e. The minimum atomic E-state index is -0.496. The zero-order chi connectivity index (χ0) is 18.7. The van der Waals surface area contributed by atoms with E-state index in [1.165, 1.54) is 18.3 Å². The molecule has 0 aliphatic rings. The second-order valence-corrected chi connectivity index (χ2v) is 6.15. The van der Waals surface area contributed by atoms with Gasteiger partial charge in [0.05, 0.1) is 16.7 Å². The molecule has 1 N–H and O–H groups in total. The van der Waals surface area contributed by atoms with Crippen LogP contribution in [-0.4, -0.2) is 17.0 Å². The number of hydrogen-bond donors (Lipinski definition) is 1. The van der Waals surface area contributed by atoms with Crippen molar-refractivity contribution >= 4 is 33.7 Å². The van der Waals surface area contributed by atoms with Crippen LogP contribution in [0.4, 0.5) is 5.69 Å². The molecule has 0 aliphatic heterocycles. The maximum atomic E-state index is 11.8. The highest BCUT2D eigenvalue weighted by atomic mass is 79.9. The zero-order valence-corrected chi connectivity index (χ0v) is 15.0. The molecule has 2 heterocycles. The summed E-state index contributed by atoms with van der Waals surface area (Å²) in [7, 11) is 0. The molecule has 2 aromatic heterocycles. The molecule has 0 radical (unpaired) electrons. The summed E-state index contributed by atoms with van der Waals surface area (Å²) in [5.41, 5.74) is 2.57. The molecule has 26 heavy (non-hydrogen) atoms. The first kappa shape index (κ1) is 17.6. The second-order valence-electron chi connectivity index (χ2n) is 5.23. The molecule has 9 heteroatoms. The molecular weight excluding hydrogens is 406 g/mol. The van der Waals surface area contributed by atoms with Gasteiger partial charge in [0.15, 0.2) is 5.76 Å². The number of rotatable bonds is 5. The summed E-state index contributed by atoms with van der Waals surface area (Å²) in [6, 6.07) is 11.1. The third-order valence-electron chi connectivity index (χ3n) is 3.37. The fourth-order valence-corrected chi connectivity index (χ4v) is 2.55. The topological polar surface area (TPSA) is 111 Å². The number of nitro benzene ring substituents is 1. The Hall–Kier alpha value is -3.20. The fraction of sp³-hybridized carbons (Fsp3) is 0.0588. The van der Waals surface area contributed by atoms with Gasteiger partial charge in [-0.15, -0.1) is 0 Å². The molecule has 0 atom stereocenters. The smallest absolute Gasteiger partial charge is 0.307 e. The predicted octanol–water partition coefficient (Wildman–Crippen LogP) is 4.28. The fourth-order valence-electron chi connectivity index (χ4n) is 2.20. The molecule has 132 valence electrons. The lowest BCUT2D eigenvalue weighted by atomic mass is 10.1. The molecule has 1 amide bonds. The first-order valence-corrected chi connectivity index (χ1v) is 8.17. The lowest BCUT2D eigenvalue weighted by Crippen LogP contribution is -2.16. The van der Waals surface area contributed by atoms with Crippen LogP contribution in [0.15, 0.2) is 60.9 Å². The van der Waals surface area contributed by atoms with E-state index in [0.29, 0.717) is 27.3 Å². The van der Waals surface area contributed by atoms with Gasteiger partial charge < -0.3 is 8.83 Å². The average Bonchev–Trinajstić information content (AvgIpc) is 3.24. The summed E-state index contributed by atoms with van der Waals surface area (Å²) >= 11 is 3.21. The van der Waals surface area contributed by atoms with Crippen LogP contribution in [-0.2, 0) is 0 Å². The van der Waals surface area contributed by atoms with Gasteiger partial charge in [0.25, 0.3) is 5.69 Å². The second kappa shape index (κ2) is 7.36. The number of hydrogen-bond acceptors (Lipinski definition) is 6. The Labute approximate surface area is 155 Å². The number of carbonyl (C=O) groups is 1. The van der Waals surface area contributed by atoms with E-state index in [2.05, 4.69) is 26.5 Å². The molecule has 0 bridgehead atoms. The Kier molecular flexibility index (Phi) is 4.99. The van der Waals surface area contributed by atoms with Gasteiger partial charge in [0, 0.05) is 10.5 Å². The molecule has 3 aromatic rings. The molecule has 3 rings (SSSR count). The van der Waals surface area contributed by atoms with Gasteiger partial charge in [0.2, 0.25) is 0 Å². The Bertz CT molecular complexity index is 1010. The van der Waals surface area contributed by atoms with Gasteiger partial charge in [-0.1, -0.05) is 15.9 Å². The van der Waals surface area contributed by atoms with Crippen molar-refractivity contribution in [1.29, 1.82) is 0 Å². The Morgan fingerprint density at radius 1 is 1.23 bits per heavy atom. The Morgan fingerprint density at radius 3 is 2.73 bits per heavy atom. The van der Waals surface area contributed by atoms with Crippen molar-refractivity contribution in [2.24, 2.45) is 5.10 Å². The number of halogens is 1. The highest BCUT2D eigenvalue weighted by Gasteiger charge is 2.18. The Morgan fingerprint density at radius 2 is 2.04 bits per heavy atom. The van der Waals surface area contributed by atoms with Crippen LogP contribution in [0.5, 0.6) is 0 Å². The van der Waals surface area contributed by atoms with Crippen molar-refractivity contribution in [1.82, 2.24) is 5.43 Å². The standard InChI is InChI=1S/C17H12BrN3O5/c1-10-2-6-16(25-10)17(22)20-19-9-12-4-7-15(26-12)13-5-3-11(18)8-14(13)21(23)24/h2-9H,1H3,(H,20,22)/b19-9+. The van der Waals surface area contributed by atoms with Gasteiger partial charge in [0.1, 0.15) is 17.3 Å². The third kappa shape index (κ3) is 3.89. The maximum absolute atomic E-state index is 11.8. The number of nitrogens with one attached hydrogen (secondary N) is 1. The minimum Gasteiger partial charge on any atom is -0.456 e. The van der Waals surface area contributed by atoms with Crippen LogP contribution in [0, 0.1) is 17.0 Å². The maximum Gasteiger partial charge on any atom is 0.307 e. The summed E-state index contributed by atoms with van der Waals surface area (Å²) < 4.78 is 11.3. The Balaban J connectivity index is 1.74. The van der Waals surface area contributed by atoms with Crippen LogP contribution < -0.4 is 5.43 Å². The number of nitro groups is 1. The van der Waals surface area contributed by atoms with E-state index in [1.807, 2.05) is 0 Å². The first-order chi connectivity index (χ1) is 12.4. The van der Waals surface area contributed by atoms with E-state index in [1.54, 1.807) is 37.3 Å². The monoisotopic (exact) mass is 417 g/mol. The molecular formula is C17H12BrN3O5. The third-order valence-corrected chi connectivity index (χ3v) is 3.86. The number of amides is 1. The van der Waals surface area contributed by atoms with E-state index < -0.39 is 10.8 Å². The number of benzene rings is 1. The summed E-state index contributed by atoms with van der Waals surface area (Å²) in [5.74, 6) is 0.910. The van der Waals surface area contributed by atoms with Gasteiger partial charge in [-0.05, 0) is 43.3 Å². The quantitative estimate of drug-likeness (QED) is 0.378. The van der Waals surface area contributed by atoms with Gasteiger partial charge in [-0.3, -0.25) is 14.9 Å². The van der Waals surface area contributed by atoms with Crippen LogP contribution >= 0.6 is 15.9 Å². The van der Waals surface area contributed by atoms with E-state index >= 15 is 0 Å². The highest BCUT2D eigenvalue weighted by molar-refractivity contribution is 9.10. The molecule has 0 fully saturated rings. The van der Waals surface area contributed by atoms with Gasteiger partial charge in [-0.2, -0.15) is 5.10 Å². The van der Waals surface area contributed by atoms with E-state index in [-0.39, 0.29) is 11.4 Å². The number of hydrazone groups is 1. The van der Waals surface area contributed by atoms with Crippen molar-refractivity contribution in [3.05, 3.63) is 74.3 Å². The average molecular weight is 418 g/mol. The number of carbonyl (C=O) groups excluding carboxylic acids is 1. The zero-order valence-electron chi connectivity index (χ0n) is 13.4. The normalized spacial score (nSPS) is 11.0. The summed E-state index contributed by atoms with van der Waals surface area (Å²) in [5, 5.41) is 15.0. The summed E-state index contributed by atoms with van der Waals surface area (Å²) in [6.07, 6.45) is 1.29. The number of furan rings is 2. The van der Waals surface area contributed by atoms with Crippen LogP contribution in [0.2, 0.25) is 0 Å². The first-order valence-electron chi connectivity index (χ1n) is 7.38. The summed E-state index contributed by atoms with van der Waals surface area (Å²) in [4.78, 5) is 22.5. The highest BCUT2D eigenvalue weighted by Crippen LogP contribution is 2.33. The van der Waals surface area contributed by atoms with Gasteiger partial charge >= 0.3 is 5.91 Å². The lowest BCUT2D eigenvalue weighted by Gasteiger charge is -2.00. The molecule has 0 unspecified atom stereocenters. The van der Waals surface area contributed by atoms with Gasteiger partial charge in [-0.25, -0.2) is 5.43 Å². The van der Waals surface area contributed by atoms with E-state index in [9.17, 15) is 14.9 Å². The van der Waals surface area contributed by atoms with Crippen molar-refractivity contribution in [3.8, 4) is 11.3 Å². The minimum absolute atomic E-state index is 0.0845. The molecule has 0 spiro atoms. The van der Waals surface area contributed by atoms with Crippen molar-refractivity contribution in [2.45, 2.75) is 6.92 Å². The number of aryl methyl sites for hydroxylation is 1. The van der Waals surface area contributed by atoms with Crippen LogP contribution in [0.3, 0.4) is 0 Å². The molecule has 0 saturated heterocycles. The van der Waals surface area contributed by atoms with Crippen molar-refractivity contribution < 1.29 is 18.6 Å². The molecule has 8 nitrogen and oxygen atoms in total.